The molecule has 1 aromatic rings. The van der Waals surface area contributed by atoms with Gasteiger partial charge in [0.05, 0.1) is 6.61 Å². The van der Waals surface area contributed by atoms with Crippen molar-refractivity contribution in [2.75, 3.05) is 13.7 Å². The van der Waals surface area contributed by atoms with E-state index in [2.05, 4.69) is 12.2 Å². The summed E-state index contributed by atoms with van der Waals surface area (Å²) in [6.07, 6.45) is 0. The minimum atomic E-state index is -0.131. The molecule has 2 nitrogen and oxygen atoms in total. The molecule has 0 aliphatic carbocycles. The minimum Gasteiger partial charge on any atom is -0.379 e. The van der Waals surface area contributed by atoms with E-state index in [1.807, 2.05) is 12.1 Å². The second-order valence-corrected chi connectivity index (χ2v) is 3.46. The van der Waals surface area contributed by atoms with Gasteiger partial charge in [-0.25, -0.2) is 4.39 Å². The van der Waals surface area contributed by atoms with Crippen LogP contribution >= 0.6 is 0 Å². The second-order valence-electron chi connectivity index (χ2n) is 3.46. The summed E-state index contributed by atoms with van der Waals surface area (Å²) in [6.45, 7) is 3.41. The van der Waals surface area contributed by atoms with Gasteiger partial charge in [0.25, 0.3) is 0 Å². The Balaban J connectivity index is 2.41. The summed E-state index contributed by atoms with van der Waals surface area (Å²) in [5, 5.41) is 2.07. The first kappa shape index (κ1) is 11.1. The summed E-state index contributed by atoms with van der Waals surface area (Å²) in [6, 6.07) is 7.22. The van der Waals surface area contributed by atoms with Crippen molar-refractivity contribution < 1.29 is 14.4 Å². The fourth-order valence-electron chi connectivity index (χ4n) is 1.32. The van der Waals surface area contributed by atoms with E-state index in [-0.39, 0.29) is 5.82 Å². The fourth-order valence-corrected chi connectivity index (χ4v) is 1.32. The first-order valence-corrected chi connectivity index (χ1v) is 4.79. The van der Waals surface area contributed by atoms with Crippen LogP contribution in [0.2, 0.25) is 0 Å². The van der Waals surface area contributed by atoms with Gasteiger partial charge >= 0.3 is 0 Å². The number of quaternary nitrogens is 1. The Hall–Kier alpha value is -0.930. The van der Waals surface area contributed by atoms with E-state index < -0.39 is 0 Å². The van der Waals surface area contributed by atoms with Crippen molar-refractivity contribution >= 4 is 0 Å². The molecule has 0 radical (unpaired) electrons. The molecule has 2 N–H and O–H groups in total. The maximum absolute atomic E-state index is 13.2. The molecule has 0 fully saturated rings. The largest absolute Gasteiger partial charge is 0.379 e. The Morgan fingerprint density at radius 3 is 2.79 bits per heavy atom. The molecule has 0 bridgehead atoms. The van der Waals surface area contributed by atoms with E-state index >= 15 is 0 Å². The summed E-state index contributed by atoms with van der Waals surface area (Å²) in [4.78, 5) is 0. The van der Waals surface area contributed by atoms with Gasteiger partial charge in [-0.3, -0.25) is 0 Å². The van der Waals surface area contributed by atoms with E-state index in [0.717, 1.165) is 5.56 Å². The van der Waals surface area contributed by atoms with Crippen molar-refractivity contribution in [2.45, 2.75) is 19.5 Å². The Labute approximate surface area is 84.1 Å². The Morgan fingerprint density at radius 1 is 1.43 bits per heavy atom. The van der Waals surface area contributed by atoms with Crippen molar-refractivity contribution in [2.24, 2.45) is 0 Å². The Kier molecular flexibility index (Phi) is 4.56. The molecule has 1 atom stereocenters. The summed E-state index contributed by atoms with van der Waals surface area (Å²) in [5.41, 5.74) is 0.746. The Bertz CT molecular complexity index is 278. The molecule has 0 amide bonds. The van der Waals surface area contributed by atoms with Gasteiger partial charge in [0.1, 0.15) is 18.4 Å². The maximum atomic E-state index is 13.2. The first-order valence-electron chi connectivity index (χ1n) is 4.79. The number of methoxy groups -OCH3 is 1. The highest BCUT2D eigenvalue weighted by atomic mass is 19.1. The van der Waals surface area contributed by atoms with Gasteiger partial charge in [-0.15, -0.1) is 0 Å². The predicted molar refractivity (Wildman–Crippen MR) is 53.4 cm³/mol. The summed E-state index contributed by atoms with van der Waals surface area (Å²) in [7, 11) is 1.67. The lowest BCUT2D eigenvalue weighted by Crippen LogP contribution is -2.88. The number of rotatable bonds is 5. The first-order chi connectivity index (χ1) is 6.74. The average Bonchev–Trinajstić information content (AvgIpc) is 2.17. The molecule has 0 spiro atoms. The lowest BCUT2D eigenvalue weighted by atomic mass is 10.2. The van der Waals surface area contributed by atoms with Crippen molar-refractivity contribution in [3.63, 3.8) is 0 Å². The number of hydrogen-bond donors (Lipinski definition) is 1. The van der Waals surface area contributed by atoms with E-state index in [4.69, 9.17) is 4.74 Å². The zero-order valence-electron chi connectivity index (χ0n) is 8.66. The molecular formula is C11H17FNO+. The zero-order valence-corrected chi connectivity index (χ0v) is 8.66. The number of ether oxygens (including phenoxy) is 1. The molecular weight excluding hydrogens is 181 g/mol. The van der Waals surface area contributed by atoms with E-state index in [1.165, 1.54) is 6.07 Å². The molecule has 0 unspecified atom stereocenters. The van der Waals surface area contributed by atoms with E-state index in [0.29, 0.717) is 19.2 Å². The van der Waals surface area contributed by atoms with Crippen LogP contribution in [0, 0.1) is 5.82 Å². The average molecular weight is 198 g/mol. The van der Waals surface area contributed by atoms with Gasteiger partial charge in [-0.2, -0.15) is 0 Å². The molecule has 1 aromatic carbocycles. The van der Waals surface area contributed by atoms with Crippen LogP contribution in [-0.4, -0.2) is 19.8 Å². The van der Waals surface area contributed by atoms with Crippen LogP contribution in [0.5, 0.6) is 0 Å². The molecule has 0 heterocycles. The molecule has 0 aliphatic heterocycles. The van der Waals surface area contributed by atoms with E-state index in [9.17, 15) is 4.39 Å². The van der Waals surface area contributed by atoms with Gasteiger partial charge < -0.3 is 10.1 Å². The summed E-state index contributed by atoms with van der Waals surface area (Å²) >= 11 is 0. The number of halogens is 1. The minimum absolute atomic E-state index is 0.131. The van der Waals surface area contributed by atoms with E-state index in [1.54, 1.807) is 13.2 Å². The summed E-state index contributed by atoms with van der Waals surface area (Å²) < 4.78 is 18.2. The lowest BCUT2D eigenvalue weighted by Gasteiger charge is -2.09. The van der Waals surface area contributed by atoms with Crippen molar-refractivity contribution in [3.8, 4) is 0 Å². The highest BCUT2D eigenvalue weighted by molar-refractivity contribution is 5.15. The highest BCUT2D eigenvalue weighted by Crippen LogP contribution is 2.03. The van der Waals surface area contributed by atoms with Gasteiger partial charge in [0.15, 0.2) is 0 Å². The lowest BCUT2D eigenvalue weighted by molar-refractivity contribution is -0.703. The van der Waals surface area contributed by atoms with Crippen LogP contribution in [0.4, 0.5) is 4.39 Å². The van der Waals surface area contributed by atoms with Crippen molar-refractivity contribution in [1.29, 1.82) is 0 Å². The van der Waals surface area contributed by atoms with Crippen LogP contribution in [-0.2, 0) is 11.3 Å². The van der Waals surface area contributed by atoms with Gasteiger partial charge in [-0.1, -0.05) is 18.2 Å². The van der Waals surface area contributed by atoms with Crippen LogP contribution in [0.15, 0.2) is 24.3 Å². The number of benzene rings is 1. The van der Waals surface area contributed by atoms with Crippen molar-refractivity contribution in [1.82, 2.24) is 0 Å². The monoisotopic (exact) mass is 198 g/mol. The Morgan fingerprint density at radius 2 is 2.14 bits per heavy atom. The number of nitrogens with two attached hydrogens (primary N) is 1. The standard InChI is InChI=1S/C11H16FNO/c1-9(8-14-2)13-7-10-5-3-4-6-11(10)12/h3-6,9,13H,7-8H2,1-2H3/p+1/t9-/m0/s1. The summed E-state index contributed by atoms with van der Waals surface area (Å²) in [5.74, 6) is -0.131. The topological polar surface area (TPSA) is 25.8 Å². The molecule has 0 aromatic heterocycles. The zero-order chi connectivity index (χ0) is 10.4. The molecule has 78 valence electrons. The molecule has 0 saturated carbocycles. The van der Waals surface area contributed by atoms with Crippen LogP contribution in [0.3, 0.4) is 0 Å². The third-order valence-corrected chi connectivity index (χ3v) is 2.13. The number of hydrogen-bond acceptors (Lipinski definition) is 1. The third-order valence-electron chi connectivity index (χ3n) is 2.13. The van der Waals surface area contributed by atoms with Crippen LogP contribution in [0.1, 0.15) is 12.5 Å². The molecule has 1 rings (SSSR count). The molecule has 0 saturated heterocycles. The van der Waals surface area contributed by atoms with Gasteiger partial charge in [0, 0.05) is 12.7 Å². The van der Waals surface area contributed by atoms with Gasteiger partial charge in [-0.05, 0) is 13.0 Å². The maximum Gasteiger partial charge on any atom is 0.132 e. The highest BCUT2D eigenvalue weighted by Gasteiger charge is 2.06. The predicted octanol–water partition coefficient (Wildman–Crippen LogP) is 0.924. The normalized spacial score (nSPS) is 12.8. The molecule has 0 aliphatic rings. The molecule has 14 heavy (non-hydrogen) atoms. The van der Waals surface area contributed by atoms with Crippen molar-refractivity contribution in [3.05, 3.63) is 35.6 Å². The fraction of sp³-hybridized carbons (Fsp3) is 0.455. The molecule has 3 heteroatoms. The third kappa shape index (κ3) is 3.44. The van der Waals surface area contributed by atoms with Gasteiger partial charge in [0.2, 0.25) is 0 Å². The van der Waals surface area contributed by atoms with Crippen LogP contribution < -0.4 is 5.32 Å². The smallest absolute Gasteiger partial charge is 0.132 e. The quantitative estimate of drug-likeness (QED) is 0.748. The SMILES string of the molecule is COC[C@H](C)[NH2+]Cc1ccccc1F. The van der Waals surface area contributed by atoms with Crippen LogP contribution in [0.25, 0.3) is 0 Å². The second kappa shape index (κ2) is 5.73.